The van der Waals surface area contributed by atoms with Crippen LogP contribution in [0.5, 0.6) is 0 Å². The minimum Gasteiger partial charge on any atom is -0.395 e. The first-order valence-electron chi connectivity index (χ1n) is 5.79. The summed E-state index contributed by atoms with van der Waals surface area (Å²) in [4.78, 5) is 0. The van der Waals surface area contributed by atoms with Crippen LogP contribution in [-0.4, -0.2) is 17.4 Å². The van der Waals surface area contributed by atoms with E-state index in [9.17, 15) is 5.11 Å². The first-order chi connectivity index (χ1) is 7.81. The minimum absolute atomic E-state index is 0.145. The molecule has 0 heterocycles. The number of hydrogen-bond acceptors (Lipinski definition) is 2. The van der Waals surface area contributed by atoms with Gasteiger partial charge >= 0.3 is 0 Å². The maximum Gasteiger partial charge on any atom is 0.0537 e. The van der Waals surface area contributed by atoms with E-state index in [1.165, 1.54) is 22.3 Å². The number of benzene rings is 1. The first kappa shape index (κ1) is 9.79. The van der Waals surface area contributed by atoms with E-state index in [1.807, 2.05) is 6.07 Å². The Labute approximate surface area is 95.1 Å². The smallest absolute Gasteiger partial charge is 0.0537 e. The zero-order valence-corrected chi connectivity index (χ0v) is 9.16. The third-order valence-electron chi connectivity index (χ3n) is 3.73. The Kier molecular flexibility index (Phi) is 2.18. The molecule has 0 amide bonds. The van der Waals surface area contributed by atoms with Crippen LogP contribution in [0.25, 0.3) is 5.57 Å². The van der Waals surface area contributed by atoms with E-state index in [4.69, 9.17) is 5.41 Å². The van der Waals surface area contributed by atoms with Gasteiger partial charge in [0.2, 0.25) is 0 Å². The summed E-state index contributed by atoms with van der Waals surface area (Å²) in [7, 11) is 0. The molecule has 0 saturated carbocycles. The molecule has 2 aliphatic carbocycles. The summed E-state index contributed by atoms with van der Waals surface area (Å²) in [6.45, 7) is 0.170. The van der Waals surface area contributed by atoms with Gasteiger partial charge in [0.05, 0.1) is 6.61 Å². The van der Waals surface area contributed by atoms with Crippen LogP contribution in [0.4, 0.5) is 0 Å². The zero-order valence-electron chi connectivity index (χ0n) is 9.16. The van der Waals surface area contributed by atoms with Crippen molar-refractivity contribution in [2.75, 3.05) is 6.61 Å². The molecule has 0 spiro atoms. The van der Waals surface area contributed by atoms with Crippen LogP contribution in [0.1, 0.15) is 36.3 Å². The highest BCUT2D eigenvalue weighted by atomic mass is 16.3. The minimum atomic E-state index is 0.145. The highest BCUT2D eigenvalue weighted by molar-refractivity contribution is 5.94. The quantitative estimate of drug-likeness (QED) is 0.740. The molecule has 16 heavy (non-hydrogen) atoms. The Morgan fingerprint density at radius 3 is 2.88 bits per heavy atom. The lowest BCUT2D eigenvalue weighted by Gasteiger charge is -2.19. The second kappa shape index (κ2) is 3.56. The molecular formula is C14H15NO. The predicted molar refractivity (Wildman–Crippen MR) is 64.8 cm³/mol. The highest BCUT2D eigenvalue weighted by Crippen LogP contribution is 2.47. The molecule has 2 nitrogen and oxygen atoms in total. The lowest BCUT2D eigenvalue weighted by molar-refractivity contribution is 0.279. The highest BCUT2D eigenvalue weighted by Gasteiger charge is 2.32. The van der Waals surface area contributed by atoms with Crippen molar-refractivity contribution in [2.24, 2.45) is 0 Å². The van der Waals surface area contributed by atoms with E-state index in [2.05, 4.69) is 18.2 Å². The van der Waals surface area contributed by atoms with E-state index in [0.717, 1.165) is 25.0 Å². The van der Waals surface area contributed by atoms with Gasteiger partial charge < -0.3 is 10.5 Å². The molecule has 1 unspecified atom stereocenters. The van der Waals surface area contributed by atoms with E-state index in [1.54, 1.807) is 0 Å². The lowest BCUT2D eigenvalue weighted by Crippen LogP contribution is -2.11. The Balaban J connectivity index is 2.14. The average molecular weight is 213 g/mol. The van der Waals surface area contributed by atoms with Gasteiger partial charge in [-0.2, -0.15) is 0 Å². The zero-order chi connectivity index (χ0) is 11.1. The van der Waals surface area contributed by atoms with Crippen LogP contribution in [0, 0.1) is 5.41 Å². The van der Waals surface area contributed by atoms with Crippen molar-refractivity contribution in [3.63, 3.8) is 0 Å². The maximum absolute atomic E-state index is 9.53. The van der Waals surface area contributed by atoms with Crippen molar-refractivity contribution in [1.82, 2.24) is 0 Å². The maximum atomic E-state index is 9.53. The van der Waals surface area contributed by atoms with Gasteiger partial charge in [-0.25, -0.2) is 0 Å². The summed E-state index contributed by atoms with van der Waals surface area (Å²) in [6.07, 6.45) is 2.61. The SMILES string of the molecule is N=C1CCC2=C(C1)C(CO)c1ccccc12. The van der Waals surface area contributed by atoms with Gasteiger partial charge in [0.1, 0.15) is 0 Å². The van der Waals surface area contributed by atoms with Crippen LogP contribution in [0.3, 0.4) is 0 Å². The summed E-state index contributed by atoms with van der Waals surface area (Å²) < 4.78 is 0. The molecule has 0 saturated heterocycles. The number of aliphatic hydroxyl groups is 1. The normalized spacial score (nSPS) is 23.3. The van der Waals surface area contributed by atoms with Crippen molar-refractivity contribution >= 4 is 11.3 Å². The van der Waals surface area contributed by atoms with Gasteiger partial charge in [0.15, 0.2) is 0 Å². The van der Waals surface area contributed by atoms with Gasteiger partial charge in [-0.3, -0.25) is 0 Å². The molecule has 0 aromatic heterocycles. The van der Waals surface area contributed by atoms with Gasteiger partial charge in [0.25, 0.3) is 0 Å². The number of fused-ring (bicyclic) bond motifs is 2. The molecule has 82 valence electrons. The Morgan fingerprint density at radius 1 is 1.25 bits per heavy atom. The van der Waals surface area contributed by atoms with Crippen molar-refractivity contribution in [3.8, 4) is 0 Å². The monoisotopic (exact) mass is 213 g/mol. The number of aliphatic hydroxyl groups excluding tert-OH is 1. The molecular weight excluding hydrogens is 198 g/mol. The largest absolute Gasteiger partial charge is 0.395 e. The molecule has 0 radical (unpaired) electrons. The third kappa shape index (κ3) is 1.26. The van der Waals surface area contributed by atoms with Gasteiger partial charge in [0, 0.05) is 18.1 Å². The second-order valence-corrected chi connectivity index (χ2v) is 4.61. The molecule has 0 aliphatic heterocycles. The molecule has 1 aromatic carbocycles. The lowest BCUT2D eigenvalue weighted by atomic mass is 9.87. The van der Waals surface area contributed by atoms with Crippen LogP contribution >= 0.6 is 0 Å². The number of rotatable bonds is 1. The van der Waals surface area contributed by atoms with E-state index in [0.29, 0.717) is 0 Å². The average Bonchev–Trinajstić information content (AvgIpc) is 2.61. The number of nitrogens with one attached hydrogen (secondary N) is 1. The Hall–Kier alpha value is -1.41. The van der Waals surface area contributed by atoms with E-state index < -0.39 is 0 Å². The van der Waals surface area contributed by atoms with Crippen molar-refractivity contribution in [2.45, 2.75) is 25.2 Å². The fourth-order valence-electron chi connectivity index (χ4n) is 2.97. The summed E-state index contributed by atoms with van der Waals surface area (Å²) in [5.41, 5.74) is 6.06. The molecule has 2 N–H and O–H groups in total. The molecule has 3 rings (SSSR count). The van der Waals surface area contributed by atoms with Crippen LogP contribution in [0.15, 0.2) is 29.8 Å². The molecule has 0 bridgehead atoms. The topological polar surface area (TPSA) is 44.1 Å². The van der Waals surface area contributed by atoms with Crippen molar-refractivity contribution in [3.05, 3.63) is 41.0 Å². The van der Waals surface area contributed by atoms with E-state index in [-0.39, 0.29) is 12.5 Å². The van der Waals surface area contributed by atoms with Crippen molar-refractivity contribution in [1.29, 1.82) is 5.41 Å². The van der Waals surface area contributed by atoms with Crippen molar-refractivity contribution < 1.29 is 5.11 Å². The molecule has 0 fully saturated rings. The fourth-order valence-corrected chi connectivity index (χ4v) is 2.97. The summed E-state index contributed by atoms with van der Waals surface area (Å²) in [6, 6.07) is 8.35. The van der Waals surface area contributed by atoms with Gasteiger partial charge in [-0.05, 0) is 29.5 Å². The molecule has 1 atom stereocenters. The van der Waals surface area contributed by atoms with E-state index >= 15 is 0 Å². The standard InChI is InChI=1S/C14H15NO/c15-9-5-6-12-10-3-1-2-4-11(10)14(8-16)13(12)7-9/h1-4,14-16H,5-8H2. The third-order valence-corrected chi connectivity index (χ3v) is 3.73. The molecule has 2 aliphatic rings. The number of allylic oxidation sites excluding steroid dienone is 1. The Bertz CT molecular complexity index is 487. The Morgan fingerprint density at radius 2 is 2.06 bits per heavy atom. The summed E-state index contributed by atoms with van der Waals surface area (Å²) in [5, 5.41) is 17.3. The van der Waals surface area contributed by atoms with Gasteiger partial charge in [-0.1, -0.05) is 29.8 Å². The van der Waals surface area contributed by atoms with Crippen LogP contribution < -0.4 is 0 Å². The summed E-state index contributed by atoms with van der Waals surface area (Å²) in [5.74, 6) is 0.145. The van der Waals surface area contributed by atoms with Gasteiger partial charge in [-0.15, -0.1) is 0 Å². The summed E-state index contributed by atoms with van der Waals surface area (Å²) >= 11 is 0. The predicted octanol–water partition coefficient (Wildman–Crippen LogP) is 2.73. The molecule has 2 heteroatoms. The molecule has 1 aromatic rings. The second-order valence-electron chi connectivity index (χ2n) is 4.61. The van der Waals surface area contributed by atoms with Crippen LogP contribution in [-0.2, 0) is 0 Å². The number of hydrogen-bond donors (Lipinski definition) is 2. The first-order valence-corrected chi connectivity index (χ1v) is 5.79. The van der Waals surface area contributed by atoms with Crippen LogP contribution in [0.2, 0.25) is 0 Å². The fraction of sp³-hybridized carbons (Fsp3) is 0.357.